The SMILES string of the molecule is COc1ncccc1CN1CCC(c2ccnc(-c3cccc(O)c3)c2)C1. The average molecular weight is 361 g/mol. The molecule has 1 atom stereocenters. The number of likely N-dealkylation sites (tertiary alicyclic amines) is 1. The van der Waals surface area contributed by atoms with Crippen LogP contribution in [0.15, 0.2) is 60.9 Å². The first-order valence-corrected chi connectivity index (χ1v) is 9.18. The van der Waals surface area contributed by atoms with Gasteiger partial charge < -0.3 is 9.84 Å². The molecule has 1 saturated heterocycles. The number of pyridine rings is 2. The summed E-state index contributed by atoms with van der Waals surface area (Å²) < 4.78 is 5.37. The van der Waals surface area contributed by atoms with Crippen molar-refractivity contribution < 1.29 is 9.84 Å². The lowest BCUT2D eigenvalue weighted by Crippen LogP contribution is -2.20. The highest BCUT2D eigenvalue weighted by molar-refractivity contribution is 5.61. The Morgan fingerprint density at radius 2 is 2.04 bits per heavy atom. The number of hydrogen-bond acceptors (Lipinski definition) is 5. The van der Waals surface area contributed by atoms with Crippen LogP contribution in [-0.4, -0.2) is 40.2 Å². The van der Waals surface area contributed by atoms with E-state index in [-0.39, 0.29) is 5.75 Å². The van der Waals surface area contributed by atoms with Crippen LogP contribution in [0.1, 0.15) is 23.5 Å². The van der Waals surface area contributed by atoms with Gasteiger partial charge in [-0.2, -0.15) is 0 Å². The number of methoxy groups -OCH3 is 1. The third kappa shape index (κ3) is 3.93. The second-order valence-electron chi connectivity index (χ2n) is 6.92. The fraction of sp³-hybridized carbons (Fsp3) is 0.273. The molecule has 0 amide bonds. The van der Waals surface area contributed by atoms with Crippen LogP contribution in [0.3, 0.4) is 0 Å². The topological polar surface area (TPSA) is 58.5 Å². The number of rotatable bonds is 5. The third-order valence-electron chi connectivity index (χ3n) is 5.11. The standard InChI is InChI=1S/C22H23N3O2/c1-27-22-19(5-3-9-24-22)15-25-11-8-18(14-25)16-7-10-23-21(13-16)17-4-2-6-20(26)12-17/h2-7,9-10,12-13,18,26H,8,11,14-15H2,1H3. The van der Waals surface area contributed by atoms with Crippen LogP contribution in [0.2, 0.25) is 0 Å². The largest absolute Gasteiger partial charge is 0.508 e. The molecule has 1 aliphatic rings. The van der Waals surface area contributed by atoms with Crippen molar-refractivity contribution in [2.75, 3.05) is 20.2 Å². The first-order chi connectivity index (χ1) is 13.2. The highest BCUT2D eigenvalue weighted by Crippen LogP contribution is 2.31. The zero-order valence-electron chi connectivity index (χ0n) is 15.4. The van der Waals surface area contributed by atoms with Crippen molar-refractivity contribution in [2.24, 2.45) is 0 Å². The molecule has 2 aromatic heterocycles. The molecule has 0 aliphatic carbocycles. The Morgan fingerprint density at radius 3 is 2.89 bits per heavy atom. The lowest BCUT2D eigenvalue weighted by atomic mass is 9.97. The molecule has 1 fully saturated rings. The molecular formula is C22H23N3O2. The van der Waals surface area contributed by atoms with Gasteiger partial charge in [0.1, 0.15) is 5.75 Å². The van der Waals surface area contributed by atoms with E-state index < -0.39 is 0 Å². The highest BCUT2D eigenvalue weighted by atomic mass is 16.5. The number of ether oxygens (including phenoxy) is 1. The van der Waals surface area contributed by atoms with Gasteiger partial charge in [-0.05, 0) is 54.8 Å². The van der Waals surface area contributed by atoms with E-state index in [1.165, 1.54) is 5.56 Å². The highest BCUT2D eigenvalue weighted by Gasteiger charge is 2.25. The number of nitrogens with zero attached hydrogens (tertiary/aromatic N) is 3. The number of phenolic OH excluding ortho intramolecular Hbond substituents is 1. The Bertz CT molecular complexity index is 929. The van der Waals surface area contributed by atoms with Crippen molar-refractivity contribution in [1.82, 2.24) is 14.9 Å². The minimum atomic E-state index is 0.261. The van der Waals surface area contributed by atoms with Gasteiger partial charge in [0, 0.05) is 36.6 Å². The van der Waals surface area contributed by atoms with E-state index in [0.717, 1.165) is 42.9 Å². The Kier molecular flexibility index (Phi) is 5.03. The molecule has 27 heavy (non-hydrogen) atoms. The van der Waals surface area contributed by atoms with Gasteiger partial charge in [-0.25, -0.2) is 4.98 Å². The Hall–Kier alpha value is -2.92. The molecule has 1 aliphatic heterocycles. The number of benzene rings is 1. The Balaban J connectivity index is 1.48. The first-order valence-electron chi connectivity index (χ1n) is 9.18. The van der Waals surface area contributed by atoms with Crippen LogP contribution in [-0.2, 0) is 6.54 Å². The monoisotopic (exact) mass is 361 g/mol. The summed E-state index contributed by atoms with van der Waals surface area (Å²) in [6.07, 6.45) is 4.74. The minimum Gasteiger partial charge on any atom is -0.508 e. The third-order valence-corrected chi connectivity index (χ3v) is 5.11. The molecule has 1 aromatic carbocycles. The maximum Gasteiger partial charge on any atom is 0.217 e. The zero-order valence-corrected chi connectivity index (χ0v) is 15.4. The van der Waals surface area contributed by atoms with Crippen LogP contribution < -0.4 is 4.74 Å². The van der Waals surface area contributed by atoms with Crippen LogP contribution in [0.4, 0.5) is 0 Å². The van der Waals surface area contributed by atoms with Gasteiger partial charge in [-0.3, -0.25) is 9.88 Å². The minimum absolute atomic E-state index is 0.261. The molecular weight excluding hydrogens is 338 g/mol. The first kappa shape index (κ1) is 17.5. The summed E-state index contributed by atoms with van der Waals surface area (Å²) in [7, 11) is 1.67. The molecule has 0 spiro atoms. The normalized spacial score (nSPS) is 17.1. The van der Waals surface area contributed by atoms with Gasteiger partial charge in [-0.15, -0.1) is 0 Å². The van der Waals surface area contributed by atoms with E-state index in [0.29, 0.717) is 11.8 Å². The summed E-state index contributed by atoms with van der Waals surface area (Å²) in [5.74, 6) is 1.44. The molecule has 3 aromatic rings. The molecule has 3 heterocycles. The zero-order chi connectivity index (χ0) is 18.6. The molecule has 1 unspecified atom stereocenters. The van der Waals surface area contributed by atoms with Crippen molar-refractivity contribution in [3.63, 3.8) is 0 Å². The number of aromatic nitrogens is 2. The summed E-state index contributed by atoms with van der Waals surface area (Å²) in [6.45, 7) is 2.89. The van der Waals surface area contributed by atoms with Crippen molar-refractivity contribution in [3.8, 4) is 22.9 Å². The maximum absolute atomic E-state index is 9.72. The van der Waals surface area contributed by atoms with E-state index >= 15 is 0 Å². The quantitative estimate of drug-likeness (QED) is 0.748. The molecule has 5 nitrogen and oxygen atoms in total. The van der Waals surface area contributed by atoms with Crippen molar-refractivity contribution in [2.45, 2.75) is 18.9 Å². The molecule has 138 valence electrons. The van der Waals surface area contributed by atoms with E-state index in [4.69, 9.17) is 4.74 Å². The lowest BCUT2D eigenvalue weighted by Gasteiger charge is -2.17. The van der Waals surface area contributed by atoms with Gasteiger partial charge in [0.2, 0.25) is 5.88 Å². The van der Waals surface area contributed by atoms with Crippen LogP contribution in [0, 0.1) is 0 Å². The second kappa shape index (κ2) is 7.76. The molecule has 0 saturated carbocycles. The Morgan fingerprint density at radius 1 is 1.11 bits per heavy atom. The second-order valence-corrected chi connectivity index (χ2v) is 6.92. The number of phenols is 1. The van der Waals surface area contributed by atoms with E-state index in [2.05, 4.69) is 33.1 Å². The van der Waals surface area contributed by atoms with Crippen molar-refractivity contribution >= 4 is 0 Å². The summed E-state index contributed by atoms with van der Waals surface area (Å²) in [5, 5.41) is 9.72. The van der Waals surface area contributed by atoms with E-state index in [9.17, 15) is 5.11 Å². The average Bonchev–Trinajstić information content (AvgIpc) is 3.17. The molecule has 4 rings (SSSR count). The van der Waals surface area contributed by atoms with Gasteiger partial charge in [0.05, 0.1) is 12.8 Å². The fourth-order valence-corrected chi connectivity index (χ4v) is 3.74. The molecule has 1 N–H and O–H groups in total. The van der Waals surface area contributed by atoms with Crippen LogP contribution >= 0.6 is 0 Å². The summed E-state index contributed by atoms with van der Waals surface area (Å²) in [4.78, 5) is 11.2. The van der Waals surface area contributed by atoms with Crippen LogP contribution in [0.25, 0.3) is 11.3 Å². The number of aromatic hydroxyl groups is 1. The van der Waals surface area contributed by atoms with E-state index in [1.54, 1.807) is 25.4 Å². The van der Waals surface area contributed by atoms with Crippen molar-refractivity contribution in [3.05, 3.63) is 72.1 Å². The molecule has 0 bridgehead atoms. The number of hydrogen-bond donors (Lipinski definition) is 1. The maximum atomic E-state index is 9.72. The van der Waals surface area contributed by atoms with Gasteiger partial charge in [0.25, 0.3) is 0 Å². The van der Waals surface area contributed by atoms with Gasteiger partial charge >= 0.3 is 0 Å². The van der Waals surface area contributed by atoms with Gasteiger partial charge in [-0.1, -0.05) is 18.2 Å². The lowest BCUT2D eigenvalue weighted by molar-refractivity contribution is 0.314. The van der Waals surface area contributed by atoms with Gasteiger partial charge in [0.15, 0.2) is 0 Å². The van der Waals surface area contributed by atoms with Crippen molar-refractivity contribution in [1.29, 1.82) is 0 Å². The van der Waals surface area contributed by atoms with Crippen LogP contribution in [0.5, 0.6) is 11.6 Å². The summed E-state index contributed by atoms with van der Waals surface area (Å²) >= 11 is 0. The molecule has 5 heteroatoms. The Labute approximate surface area is 159 Å². The summed E-state index contributed by atoms with van der Waals surface area (Å²) in [5.41, 5.74) is 4.25. The molecule has 0 radical (unpaired) electrons. The fourth-order valence-electron chi connectivity index (χ4n) is 3.74. The summed E-state index contributed by atoms with van der Waals surface area (Å²) in [6, 6.07) is 15.5. The van der Waals surface area contributed by atoms with E-state index in [1.807, 2.05) is 24.4 Å². The predicted molar refractivity (Wildman–Crippen MR) is 105 cm³/mol. The predicted octanol–water partition coefficient (Wildman–Crippen LogP) is 3.85. The smallest absolute Gasteiger partial charge is 0.217 e.